The lowest BCUT2D eigenvalue weighted by atomic mass is 10.3. The smallest absolute Gasteiger partial charge is 0.294 e. The maximum absolute atomic E-state index is 11.1. The lowest BCUT2D eigenvalue weighted by Gasteiger charge is -2.06. The molecule has 0 aromatic heterocycles. The van der Waals surface area contributed by atoms with Crippen LogP contribution in [0, 0.1) is 0 Å². The summed E-state index contributed by atoms with van der Waals surface area (Å²) in [6.07, 6.45) is 0. The van der Waals surface area contributed by atoms with Gasteiger partial charge in [-0.2, -0.15) is 8.42 Å². The van der Waals surface area contributed by atoms with Crippen molar-refractivity contribution in [3.8, 4) is 0 Å². The molecule has 0 heterocycles. The standard InChI is InChI=1S/C10H13NO5S2/c1-2-17(12,13)7-6-11-9-4-3-5-10(8-9)18(14,15)16/h2-5,8,11H,1,6-7H2,(H,14,15,16). The predicted octanol–water partition coefficient (Wildman–Crippen LogP) is 0.903. The number of sulfone groups is 1. The minimum Gasteiger partial charge on any atom is -0.384 e. The molecule has 2 N–H and O–H groups in total. The Bertz CT molecular complexity index is 634. The normalized spacial score (nSPS) is 12.1. The molecule has 18 heavy (non-hydrogen) atoms. The third-order valence-corrected chi connectivity index (χ3v) is 4.23. The van der Waals surface area contributed by atoms with Crippen molar-refractivity contribution in [2.45, 2.75) is 4.90 Å². The van der Waals surface area contributed by atoms with Gasteiger partial charge < -0.3 is 5.32 Å². The molecule has 100 valence electrons. The average Bonchev–Trinajstić information content (AvgIpc) is 2.28. The van der Waals surface area contributed by atoms with E-state index in [2.05, 4.69) is 11.9 Å². The summed E-state index contributed by atoms with van der Waals surface area (Å²) in [5.41, 5.74) is 0.407. The maximum Gasteiger partial charge on any atom is 0.294 e. The number of hydrogen-bond donors (Lipinski definition) is 2. The Labute approximate surface area is 106 Å². The molecule has 0 radical (unpaired) electrons. The third kappa shape index (κ3) is 4.47. The summed E-state index contributed by atoms with van der Waals surface area (Å²) in [4.78, 5) is -0.251. The van der Waals surface area contributed by atoms with Gasteiger partial charge in [-0.3, -0.25) is 4.55 Å². The molecule has 0 amide bonds. The van der Waals surface area contributed by atoms with E-state index in [9.17, 15) is 16.8 Å². The number of anilines is 1. The van der Waals surface area contributed by atoms with Crippen molar-refractivity contribution in [3.05, 3.63) is 36.3 Å². The monoisotopic (exact) mass is 291 g/mol. The van der Waals surface area contributed by atoms with Gasteiger partial charge >= 0.3 is 0 Å². The van der Waals surface area contributed by atoms with Crippen molar-refractivity contribution in [2.24, 2.45) is 0 Å². The van der Waals surface area contributed by atoms with E-state index in [0.717, 1.165) is 5.41 Å². The van der Waals surface area contributed by atoms with Gasteiger partial charge in [0, 0.05) is 17.6 Å². The highest BCUT2D eigenvalue weighted by Gasteiger charge is 2.10. The largest absolute Gasteiger partial charge is 0.384 e. The molecule has 1 aromatic carbocycles. The maximum atomic E-state index is 11.1. The van der Waals surface area contributed by atoms with Gasteiger partial charge in [0.15, 0.2) is 9.84 Å². The minimum atomic E-state index is -4.26. The second-order valence-corrected chi connectivity index (χ2v) is 6.95. The van der Waals surface area contributed by atoms with Crippen molar-refractivity contribution in [1.29, 1.82) is 0 Å². The first-order valence-electron chi connectivity index (χ1n) is 4.91. The zero-order valence-corrected chi connectivity index (χ0v) is 11.0. The molecule has 0 saturated heterocycles. The second-order valence-electron chi connectivity index (χ2n) is 3.46. The summed E-state index contributed by atoms with van der Waals surface area (Å²) in [6, 6.07) is 5.46. The zero-order chi connectivity index (χ0) is 13.8. The first-order valence-corrected chi connectivity index (χ1v) is 8.07. The Balaban J connectivity index is 2.73. The van der Waals surface area contributed by atoms with E-state index in [4.69, 9.17) is 4.55 Å². The Kier molecular flexibility index (Phi) is 4.49. The molecule has 0 spiro atoms. The van der Waals surface area contributed by atoms with Crippen LogP contribution in [-0.2, 0) is 20.0 Å². The first-order chi connectivity index (χ1) is 8.24. The summed E-state index contributed by atoms with van der Waals surface area (Å²) in [6.45, 7) is 3.29. The number of hydrogen-bond acceptors (Lipinski definition) is 5. The summed E-state index contributed by atoms with van der Waals surface area (Å²) in [5.74, 6) is -0.146. The fraction of sp³-hybridized carbons (Fsp3) is 0.200. The molecule has 0 saturated carbocycles. The predicted molar refractivity (Wildman–Crippen MR) is 68.7 cm³/mol. The number of nitrogens with one attached hydrogen (secondary N) is 1. The highest BCUT2D eigenvalue weighted by Crippen LogP contribution is 2.14. The van der Waals surface area contributed by atoms with Gasteiger partial charge in [-0.15, -0.1) is 0 Å². The van der Waals surface area contributed by atoms with E-state index >= 15 is 0 Å². The molecular formula is C10H13NO5S2. The van der Waals surface area contributed by atoms with Gasteiger partial charge in [-0.25, -0.2) is 8.42 Å². The van der Waals surface area contributed by atoms with Crippen LogP contribution in [0.1, 0.15) is 0 Å². The molecule has 0 aliphatic carbocycles. The van der Waals surface area contributed by atoms with E-state index in [1.54, 1.807) is 6.07 Å². The SMILES string of the molecule is C=CS(=O)(=O)CCNc1cccc(S(=O)(=O)O)c1. The highest BCUT2D eigenvalue weighted by molar-refractivity contribution is 7.94. The van der Waals surface area contributed by atoms with Crippen LogP contribution >= 0.6 is 0 Å². The zero-order valence-electron chi connectivity index (χ0n) is 9.40. The third-order valence-electron chi connectivity index (χ3n) is 2.10. The van der Waals surface area contributed by atoms with Crippen LogP contribution in [0.3, 0.4) is 0 Å². The molecule has 0 fully saturated rings. The number of benzene rings is 1. The first kappa shape index (κ1) is 14.7. The van der Waals surface area contributed by atoms with Gasteiger partial charge in [0.1, 0.15) is 0 Å². The summed E-state index contributed by atoms with van der Waals surface area (Å²) >= 11 is 0. The summed E-state index contributed by atoms with van der Waals surface area (Å²) in [5, 5.41) is 3.61. The molecule has 0 atom stereocenters. The van der Waals surface area contributed by atoms with E-state index in [-0.39, 0.29) is 17.2 Å². The van der Waals surface area contributed by atoms with Crippen molar-refractivity contribution >= 4 is 25.6 Å². The van der Waals surface area contributed by atoms with Gasteiger partial charge in [-0.05, 0) is 18.2 Å². The van der Waals surface area contributed by atoms with Crippen LogP contribution in [0.2, 0.25) is 0 Å². The van der Waals surface area contributed by atoms with Crippen molar-refractivity contribution < 1.29 is 21.4 Å². The molecule has 1 aromatic rings. The van der Waals surface area contributed by atoms with Gasteiger partial charge in [-0.1, -0.05) is 12.6 Å². The van der Waals surface area contributed by atoms with Crippen LogP contribution in [0.5, 0.6) is 0 Å². The Morgan fingerprint density at radius 2 is 1.94 bits per heavy atom. The molecule has 0 unspecified atom stereocenters. The highest BCUT2D eigenvalue weighted by atomic mass is 32.2. The lowest BCUT2D eigenvalue weighted by molar-refractivity contribution is 0.483. The summed E-state index contributed by atoms with van der Waals surface area (Å²) < 4.78 is 52.9. The molecule has 0 aliphatic rings. The molecule has 6 nitrogen and oxygen atoms in total. The van der Waals surface area contributed by atoms with E-state index in [1.165, 1.54) is 18.2 Å². The molecular weight excluding hydrogens is 278 g/mol. The lowest BCUT2D eigenvalue weighted by Crippen LogP contribution is -2.13. The van der Waals surface area contributed by atoms with Crippen LogP contribution in [0.15, 0.2) is 41.1 Å². The minimum absolute atomic E-state index is 0.114. The average molecular weight is 291 g/mol. The number of rotatable bonds is 6. The van der Waals surface area contributed by atoms with Gasteiger partial charge in [0.2, 0.25) is 0 Å². The molecule has 0 aliphatic heterocycles. The van der Waals surface area contributed by atoms with E-state index < -0.39 is 20.0 Å². The Morgan fingerprint density at radius 3 is 2.50 bits per heavy atom. The van der Waals surface area contributed by atoms with Crippen molar-refractivity contribution in [1.82, 2.24) is 0 Å². The van der Waals surface area contributed by atoms with Gasteiger partial charge in [0.25, 0.3) is 10.1 Å². The van der Waals surface area contributed by atoms with E-state index in [0.29, 0.717) is 5.69 Å². The Morgan fingerprint density at radius 1 is 1.28 bits per heavy atom. The Hall–Kier alpha value is -1.38. The van der Waals surface area contributed by atoms with Gasteiger partial charge in [0.05, 0.1) is 10.6 Å². The van der Waals surface area contributed by atoms with Crippen LogP contribution in [0.4, 0.5) is 5.69 Å². The molecule has 8 heteroatoms. The molecule has 0 bridgehead atoms. The summed E-state index contributed by atoms with van der Waals surface area (Å²) in [7, 11) is -7.55. The van der Waals surface area contributed by atoms with Crippen LogP contribution in [0.25, 0.3) is 0 Å². The fourth-order valence-electron chi connectivity index (χ4n) is 1.19. The topological polar surface area (TPSA) is 101 Å². The van der Waals surface area contributed by atoms with Crippen molar-refractivity contribution in [2.75, 3.05) is 17.6 Å². The second kappa shape index (κ2) is 5.51. The van der Waals surface area contributed by atoms with Crippen LogP contribution in [-0.4, -0.2) is 33.7 Å². The van der Waals surface area contributed by atoms with Crippen molar-refractivity contribution in [3.63, 3.8) is 0 Å². The molecule has 1 rings (SSSR count). The van der Waals surface area contributed by atoms with Crippen LogP contribution < -0.4 is 5.32 Å². The fourth-order valence-corrected chi connectivity index (χ4v) is 2.27. The van der Waals surface area contributed by atoms with E-state index in [1.807, 2.05) is 0 Å². The quantitative estimate of drug-likeness (QED) is 0.755.